The van der Waals surface area contributed by atoms with Crippen LogP contribution in [0.15, 0.2) is 243 Å². The van der Waals surface area contributed by atoms with Crippen molar-refractivity contribution < 1.29 is 0 Å². The fourth-order valence-electron chi connectivity index (χ4n) is 13.0. The minimum atomic E-state index is -0.382. The molecule has 0 bridgehead atoms. The summed E-state index contributed by atoms with van der Waals surface area (Å²) in [5.74, 6) is 0. The molecule has 0 spiro atoms. The van der Waals surface area contributed by atoms with Gasteiger partial charge < -0.3 is 0 Å². The summed E-state index contributed by atoms with van der Waals surface area (Å²) in [6.45, 7) is 7.03. The third-order valence-electron chi connectivity index (χ3n) is 16.9. The molecule has 2 unspecified atom stereocenters. The molecule has 2 nitrogen and oxygen atoms in total. The lowest BCUT2D eigenvalue weighted by molar-refractivity contribution is 0.618. The molecule has 4 fully saturated rings. The largest absolute Gasteiger partial charge is 0.295 e. The summed E-state index contributed by atoms with van der Waals surface area (Å²) in [5.41, 5.74) is 17.9. The topological polar surface area (TPSA) is 15.3 Å². The number of benzene rings is 8. The van der Waals surface area contributed by atoms with Crippen LogP contribution >= 0.6 is 51.8 Å². The maximum Gasteiger partial charge on any atom is 0.0183 e. The molecule has 0 radical (unpaired) electrons. The molecule has 8 aromatic carbocycles. The van der Waals surface area contributed by atoms with Gasteiger partial charge in [0.1, 0.15) is 0 Å². The summed E-state index contributed by atoms with van der Waals surface area (Å²) in [4.78, 5) is 0. The van der Waals surface area contributed by atoms with E-state index >= 15 is 0 Å². The Morgan fingerprint density at radius 1 is 0.329 bits per heavy atom. The zero-order chi connectivity index (χ0) is 54.0. The molecule has 9 atom stereocenters. The first-order valence-electron chi connectivity index (χ1n) is 29.8. The van der Waals surface area contributed by atoms with Crippen molar-refractivity contribution in [3.8, 4) is 0 Å². The van der Waals surface area contributed by atoms with Crippen molar-refractivity contribution in [2.75, 3.05) is 13.1 Å². The maximum atomic E-state index is 3.94. The summed E-state index contributed by atoms with van der Waals surface area (Å²) >= 11 is 2.73. The highest BCUT2D eigenvalue weighted by molar-refractivity contribution is 14.2. The lowest BCUT2D eigenvalue weighted by Crippen LogP contribution is -2.20. The molecule has 7 heteroatoms. The van der Waals surface area contributed by atoms with E-state index in [-0.39, 0.29) is 29.8 Å². The highest BCUT2D eigenvalue weighted by Crippen LogP contribution is 2.84. The van der Waals surface area contributed by atoms with Crippen molar-refractivity contribution in [1.29, 1.82) is 0 Å². The number of rotatable bonds is 17. The van der Waals surface area contributed by atoms with E-state index in [0.29, 0.717) is 34.0 Å². The van der Waals surface area contributed by atoms with Crippen LogP contribution in [0, 0.1) is 0 Å². The molecular formula is C72H83IN2P4. The van der Waals surface area contributed by atoms with Crippen LogP contribution in [0.2, 0.25) is 0 Å². The number of hydrogen-bond donors (Lipinski definition) is 1. The quantitative estimate of drug-likeness (QED) is 0.0555. The van der Waals surface area contributed by atoms with Crippen LogP contribution in [0.3, 0.4) is 0 Å². The van der Waals surface area contributed by atoms with Gasteiger partial charge in [-0.15, -0.1) is 0 Å². The molecule has 0 amide bonds. The molecule has 79 heavy (non-hydrogen) atoms. The van der Waals surface area contributed by atoms with E-state index < -0.39 is 0 Å². The fraction of sp³-hybridized carbons (Fsp3) is 0.333. The molecule has 0 saturated carbocycles. The molecule has 12 rings (SSSR count). The average Bonchev–Trinajstić information content (AvgIpc) is 4.51. The molecule has 4 aliphatic rings. The molecule has 1 N–H and O–H groups in total. The molecule has 4 saturated heterocycles. The predicted octanol–water partition coefficient (Wildman–Crippen LogP) is 23.6. The van der Waals surface area contributed by atoms with Crippen molar-refractivity contribution in [2.24, 2.45) is 0 Å². The number of halogens is 1. The summed E-state index contributed by atoms with van der Waals surface area (Å²) in [6.07, 6.45) is 15.6. The van der Waals surface area contributed by atoms with Gasteiger partial charge in [-0.1, -0.05) is 291 Å². The van der Waals surface area contributed by atoms with Crippen LogP contribution in [0.4, 0.5) is 0 Å². The molecular weight excluding hydrogens is 1140 g/mol. The van der Waals surface area contributed by atoms with Crippen LogP contribution in [-0.4, -0.2) is 17.5 Å². The van der Waals surface area contributed by atoms with Crippen molar-refractivity contribution in [3.63, 3.8) is 0 Å². The van der Waals surface area contributed by atoms with Gasteiger partial charge in [0.25, 0.3) is 0 Å². The van der Waals surface area contributed by atoms with E-state index in [1.54, 1.807) is 22.3 Å². The SMILES string of the molecule is CCCCN(P1C(c2ccccc2)CC[C@@H]1c1ccccc1)P1[C@@H](c2ccccc2)CC[C@@H]1c1ccccc1.CCCCNP1[C@@H](c2ccccc2)CC[C@@H]1c1ccccc1.IP1[C@@H](c2ccccc2)CC[C@@H]1c1ccccc1. The van der Waals surface area contributed by atoms with Gasteiger partial charge in [0.15, 0.2) is 0 Å². The predicted molar refractivity (Wildman–Crippen MR) is 357 cm³/mol. The van der Waals surface area contributed by atoms with Gasteiger partial charge >= 0.3 is 0 Å². The Bertz CT molecular complexity index is 2660. The molecule has 4 aliphatic heterocycles. The fourth-order valence-corrected chi connectivity index (χ4v) is 30.8. The summed E-state index contributed by atoms with van der Waals surface area (Å²) in [6, 6.07) is 90.5. The van der Waals surface area contributed by atoms with Gasteiger partial charge in [-0.25, -0.2) is 0 Å². The maximum absolute atomic E-state index is 3.94. The smallest absolute Gasteiger partial charge is 0.0183 e. The second-order valence-electron chi connectivity index (χ2n) is 21.9. The monoisotopic (exact) mass is 1230 g/mol. The average molecular weight is 1230 g/mol. The van der Waals surface area contributed by atoms with E-state index in [4.69, 9.17) is 0 Å². The lowest BCUT2D eigenvalue weighted by atomic mass is 10.0. The van der Waals surface area contributed by atoms with Crippen molar-refractivity contribution in [1.82, 2.24) is 9.53 Å². The van der Waals surface area contributed by atoms with Gasteiger partial charge in [-0.05, 0) is 145 Å². The minimum absolute atomic E-state index is 0.0256. The number of unbranched alkanes of at least 4 members (excludes halogenated alkanes) is 2. The molecule has 0 aliphatic carbocycles. The third-order valence-corrected chi connectivity index (χ3v) is 33.8. The van der Waals surface area contributed by atoms with Gasteiger partial charge in [0.2, 0.25) is 0 Å². The van der Waals surface area contributed by atoms with Crippen molar-refractivity contribution >= 4 is 51.8 Å². The number of hydrogen-bond acceptors (Lipinski definition) is 2. The third kappa shape index (κ3) is 14.9. The first-order valence-corrected chi connectivity index (χ1v) is 38.4. The first-order chi connectivity index (χ1) is 39.1. The van der Waals surface area contributed by atoms with E-state index in [0.717, 1.165) is 17.9 Å². The highest BCUT2D eigenvalue weighted by atomic mass is 127. The summed E-state index contributed by atoms with van der Waals surface area (Å²) < 4.78 is 3.18. The second-order valence-corrected chi connectivity index (χ2v) is 34.9. The first kappa shape index (κ1) is 58.3. The van der Waals surface area contributed by atoms with E-state index in [9.17, 15) is 0 Å². The van der Waals surface area contributed by atoms with Crippen molar-refractivity contribution in [2.45, 2.75) is 136 Å². The lowest BCUT2D eigenvalue weighted by Gasteiger charge is -2.45. The second kappa shape index (κ2) is 30.4. The molecule has 8 aromatic rings. The Hall–Kier alpha value is -3.87. The Morgan fingerprint density at radius 3 is 0.823 bits per heavy atom. The Kier molecular flexibility index (Phi) is 22.5. The summed E-state index contributed by atoms with van der Waals surface area (Å²) in [7, 11) is -0.951. The summed E-state index contributed by atoms with van der Waals surface area (Å²) in [5, 5.41) is 3.94. The highest BCUT2D eigenvalue weighted by Gasteiger charge is 2.49. The normalized spacial score (nSPS) is 24.2. The Morgan fingerprint density at radius 2 is 0.557 bits per heavy atom. The van der Waals surface area contributed by atoms with E-state index in [1.807, 2.05) is 0 Å². The van der Waals surface area contributed by atoms with Crippen molar-refractivity contribution in [3.05, 3.63) is 287 Å². The van der Waals surface area contributed by atoms with E-state index in [2.05, 4.69) is 288 Å². The zero-order valence-corrected chi connectivity index (χ0v) is 52.5. The van der Waals surface area contributed by atoms with E-state index in [1.165, 1.54) is 106 Å². The Labute approximate surface area is 494 Å². The molecule has 0 aromatic heterocycles. The molecule has 4 heterocycles. The molecule has 408 valence electrons. The van der Waals surface area contributed by atoms with Gasteiger partial charge in [0.05, 0.1) is 0 Å². The minimum Gasteiger partial charge on any atom is -0.295 e. The van der Waals surface area contributed by atoms with Gasteiger partial charge in [0, 0.05) is 51.8 Å². The zero-order valence-electron chi connectivity index (χ0n) is 46.7. The van der Waals surface area contributed by atoms with Crippen LogP contribution < -0.4 is 5.09 Å². The van der Waals surface area contributed by atoms with Crippen LogP contribution in [0.5, 0.6) is 0 Å². The van der Waals surface area contributed by atoms with Gasteiger partial charge in [-0.3, -0.25) is 9.53 Å². The van der Waals surface area contributed by atoms with Crippen LogP contribution in [-0.2, 0) is 0 Å². The van der Waals surface area contributed by atoms with Crippen LogP contribution in [0.25, 0.3) is 0 Å². The standard InChI is InChI=1S/C36H41NP2.C20H26NP.C16H16IP/c1-2-3-28-37(38-33(29-16-8-4-9-17-29)24-25-34(38)30-18-10-5-11-19-30)39-35(31-20-12-6-13-21-31)26-27-36(39)32-22-14-7-15-23-32;1-2-3-16-21-22-19(17-10-6-4-7-11-17)14-15-20(22)18-12-8-5-9-13-18;17-18-15(13-7-3-1-4-8-13)11-12-16(18)14-9-5-2-6-10-14/h4-23,33-36H,2-3,24-28H2,1H3;4-13,19-21H,2-3,14-16H2,1H3;1-10,15-16H,11-12H2/t33-,34-,35-,36?,39?;19-,20-;15-,16-/m111/s1. The van der Waals surface area contributed by atoms with Crippen LogP contribution in [0.1, 0.15) is 181 Å². The van der Waals surface area contributed by atoms with Gasteiger partial charge in [-0.2, -0.15) is 0 Å². The number of nitrogens with zero attached hydrogens (tertiary/aromatic N) is 1. The Balaban J connectivity index is 0.000000148. The number of nitrogens with one attached hydrogen (secondary N) is 1.